The molecule has 0 radical (unpaired) electrons. The summed E-state index contributed by atoms with van der Waals surface area (Å²) in [5.41, 5.74) is 1.93. The van der Waals surface area contributed by atoms with E-state index in [0.29, 0.717) is 22.2 Å². The highest BCUT2D eigenvalue weighted by molar-refractivity contribution is 7.18. The predicted octanol–water partition coefficient (Wildman–Crippen LogP) is 4.44. The summed E-state index contributed by atoms with van der Waals surface area (Å²) in [5, 5.41) is 6.43. The van der Waals surface area contributed by atoms with Crippen LogP contribution < -0.4 is 10.6 Å². The highest BCUT2D eigenvalue weighted by Gasteiger charge is 2.50. The summed E-state index contributed by atoms with van der Waals surface area (Å²) in [7, 11) is 0. The van der Waals surface area contributed by atoms with Crippen molar-refractivity contribution in [3.05, 3.63) is 53.9 Å². The van der Waals surface area contributed by atoms with Gasteiger partial charge in [0, 0.05) is 25.6 Å². The van der Waals surface area contributed by atoms with E-state index in [4.69, 9.17) is 4.98 Å². The molecule has 9 heteroatoms. The fourth-order valence-electron chi connectivity index (χ4n) is 5.13. The van der Waals surface area contributed by atoms with E-state index in [1.807, 2.05) is 29.2 Å². The number of nitrogens with zero attached hydrogens (tertiary/aromatic N) is 3. The molecule has 5 rings (SSSR count). The minimum absolute atomic E-state index is 0.00759. The summed E-state index contributed by atoms with van der Waals surface area (Å²) in [6.45, 7) is 6.91. The Morgan fingerprint density at radius 1 is 1.21 bits per heavy atom. The molecule has 2 aliphatic rings. The number of anilines is 2. The molecule has 176 valence electrons. The monoisotopic (exact) mass is 477 g/mol. The molecular formula is C25H27N5O3S. The van der Waals surface area contributed by atoms with Gasteiger partial charge in [-0.3, -0.25) is 19.7 Å². The molecule has 2 aromatic heterocycles. The lowest BCUT2D eigenvalue weighted by Gasteiger charge is -2.46. The molecule has 1 saturated carbocycles. The molecule has 3 aromatic rings. The molecule has 3 amide bonds. The number of carbonyl (C=O) groups is 3. The van der Waals surface area contributed by atoms with E-state index in [0.717, 1.165) is 43.4 Å². The van der Waals surface area contributed by atoms with E-state index in [-0.39, 0.29) is 29.2 Å². The second-order valence-electron chi connectivity index (χ2n) is 9.09. The average molecular weight is 478 g/mol. The molecule has 8 nitrogen and oxygen atoms in total. The third kappa shape index (κ3) is 4.00. The fourth-order valence-corrected chi connectivity index (χ4v) is 5.94. The first-order valence-electron chi connectivity index (χ1n) is 11.5. The number of imidazole rings is 1. The number of nitrogens with one attached hydrogen (secondary N) is 2. The molecule has 0 unspecified atom stereocenters. The van der Waals surface area contributed by atoms with Crippen molar-refractivity contribution in [2.45, 2.75) is 38.6 Å². The van der Waals surface area contributed by atoms with Crippen LogP contribution in [-0.4, -0.2) is 45.3 Å². The zero-order chi connectivity index (χ0) is 23.9. The third-order valence-electron chi connectivity index (χ3n) is 6.86. The maximum Gasteiger partial charge on any atom is 0.268 e. The normalized spacial score (nSPS) is 21.4. The molecular weight excluding hydrogens is 450 g/mol. The Bertz CT molecular complexity index is 1290. The van der Waals surface area contributed by atoms with E-state index in [1.54, 1.807) is 19.1 Å². The molecule has 0 bridgehead atoms. The lowest BCUT2D eigenvalue weighted by atomic mass is 9.65. The van der Waals surface area contributed by atoms with Gasteiger partial charge in [0.1, 0.15) is 0 Å². The molecule has 1 saturated heterocycles. The van der Waals surface area contributed by atoms with Crippen LogP contribution in [0.15, 0.2) is 49.1 Å². The SMILES string of the molecule is C=CC(=O)N1CC[C@]2(C1)C[C@H](n1c(NC(=O)c3ccc(NC(=O)CC)s3)nc3ccccc31)C2. The smallest absolute Gasteiger partial charge is 0.268 e. The Balaban J connectivity index is 1.36. The van der Waals surface area contributed by atoms with E-state index in [1.165, 1.54) is 17.4 Å². The number of aromatic nitrogens is 2. The van der Waals surface area contributed by atoms with Gasteiger partial charge < -0.3 is 14.8 Å². The number of carbonyl (C=O) groups excluding carboxylic acids is 3. The van der Waals surface area contributed by atoms with Crippen LogP contribution in [-0.2, 0) is 9.59 Å². The topological polar surface area (TPSA) is 96.3 Å². The molecule has 1 aromatic carbocycles. The molecule has 1 aliphatic carbocycles. The van der Waals surface area contributed by atoms with Gasteiger partial charge in [-0.25, -0.2) is 4.98 Å². The van der Waals surface area contributed by atoms with Crippen molar-refractivity contribution in [2.75, 3.05) is 23.7 Å². The molecule has 2 N–H and O–H groups in total. The maximum atomic E-state index is 13.0. The predicted molar refractivity (Wildman–Crippen MR) is 133 cm³/mol. The van der Waals surface area contributed by atoms with Gasteiger partial charge in [0.15, 0.2) is 0 Å². The van der Waals surface area contributed by atoms with E-state index in [2.05, 4.69) is 21.8 Å². The van der Waals surface area contributed by atoms with Crippen molar-refractivity contribution >= 4 is 51.0 Å². The number of benzene rings is 1. The van der Waals surface area contributed by atoms with Gasteiger partial charge in [0.2, 0.25) is 17.8 Å². The quantitative estimate of drug-likeness (QED) is 0.513. The van der Waals surface area contributed by atoms with Crippen LogP contribution in [0.25, 0.3) is 11.0 Å². The first-order valence-corrected chi connectivity index (χ1v) is 12.3. The second-order valence-corrected chi connectivity index (χ2v) is 10.2. The Kier molecular flexibility index (Phi) is 5.73. The first-order chi connectivity index (χ1) is 16.4. The summed E-state index contributed by atoms with van der Waals surface area (Å²) < 4.78 is 2.13. The van der Waals surface area contributed by atoms with Gasteiger partial charge in [-0.15, -0.1) is 11.3 Å². The summed E-state index contributed by atoms with van der Waals surface area (Å²) in [5.74, 6) is 0.174. The van der Waals surface area contributed by atoms with Gasteiger partial charge in [0.05, 0.1) is 20.9 Å². The van der Waals surface area contributed by atoms with Crippen molar-refractivity contribution in [3.8, 4) is 0 Å². The van der Waals surface area contributed by atoms with Crippen LogP contribution >= 0.6 is 11.3 Å². The van der Waals surface area contributed by atoms with Crippen LogP contribution in [0, 0.1) is 5.41 Å². The number of fused-ring (bicyclic) bond motifs is 1. The lowest BCUT2D eigenvalue weighted by Crippen LogP contribution is -2.42. The van der Waals surface area contributed by atoms with Crippen molar-refractivity contribution in [1.29, 1.82) is 0 Å². The van der Waals surface area contributed by atoms with Crippen molar-refractivity contribution in [3.63, 3.8) is 0 Å². The Morgan fingerprint density at radius 2 is 2.00 bits per heavy atom. The minimum atomic E-state index is -0.254. The van der Waals surface area contributed by atoms with Crippen molar-refractivity contribution in [1.82, 2.24) is 14.5 Å². The highest BCUT2D eigenvalue weighted by atomic mass is 32.1. The van der Waals surface area contributed by atoms with E-state index in [9.17, 15) is 14.4 Å². The molecule has 1 aliphatic heterocycles. The number of amides is 3. The van der Waals surface area contributed by atoms with Gasteiger partial charge >= 0.3 is 0 Å². The summed E-state index contributed by atoms with van der Waals surface area (Å²) in [6, 6.07) is 11.5. The van der Waals surface area contributed by atoms with Crippen LogP contribution in [0.4, 0.5) is 10.9 Å². The maximum absolute atomic E-state index is 13.0. The number of thiophene rings is 1. The van der Waals surface area contributed by atoms with Crippen molar-refractivity contribution < 1.29 is 14.4 Å². The number of hydrogen-bond donors (Lipinski definition) is 2. The van der Waals surface area contributed by atoms with E-state index >= 15 is 0 Å². The largest absolute Gasteiger partial charge is 0.339 e. The zero-order valence-electron chi connectivity index (χ0n) is 19.0. The molecule has 3 heterocycles. The van der Waals surface area contributed by atoms with Gasteiger partial charge in [-0.2, -0.15) is 0 Å². The van der Waals surface area contributed by atoms with Gasteiger partial charge in [0.25, 0.3) is 5.91 Å². The number of rotatable bonds is 6. The zero-order valence-corrected chi connectivity index (χ0v) is 19.9. The average Bonchev–Trinajstić information content (AvgIpc) is 3.54. The van der Waals surface area contributed by atoms with Crippen molar-refractivity contribution in [2.24, 2.45) is 5.41 Å². The number of hydrogen-bond acceptors (Lipinski definition) is 5. The van der Waals surface area contributed by atoms with Crippen LogP contribution in [0.3, 0.4) is 0 Å². The standard InChI is InChI=1S/C25H27N5O3S/c1-3-20(31)27-21-10-9-19(34-21)23(33)28-24-26-17-7-5-6-8-18(17)30(24)16-13-25(14-16)11-12-29(15-25)22(32)4-2/h4-10,16H,2-3,11-15H2,1H3,(H,27,31)(H,26,28,33)/t16-,25-. The fraction of sp³-hybridized carbons (Fsp3) is 0.360. The van der Waals surface area contributed by atoms with Gasteiger partial charge in [-0.1, -0.05) is 25.6 Å². The highest BCUT2D eigenvalue weighted by Crippen LogP contribution is 2.55. The lowest BCUT2D eigenvalue weighted by molar-refractivity contribution is -0.125. The molecule has 34 heavy (non-hydrogen) atoms. The van der Waals surface area contributed by atoms with Crippen LogP contribution in [0.5, 0.6) is 0 Å². The summed E-state index contributed by atoms with van der Waals surface area (Å²) in [4.78, 5) is 43.8. The Morgan fingerprint density at radius 3 is 2.76 bits per heavy atom. The van der Waals surface area contributed by atoms with Crippen LogP contribution in [0.1, 0.15) is 48.3 Å². The first kappa shape index (κ1) is 22.3. The molecule has 0 atom stereocenters. The Labute approximate surface area is 201 Å². The molecule has 1 spiro atoms. The second kappa shape index (κ2) is 8.72. The summed E-state index contributed by atoms with van der Waals surface area (Å²) in [6.07, 6.45) is 4.62. The number of para-hydroxylation sites is 2. The van der Waals surface area contributed by atoms with Crippen LogP contribution in [0.2, 0.25) is 0 Å². The van der Waals surface area contributed by atoms with Gasteiger partial charge in [-0.05, 0) is 55.0 Å². The number of likely N-dealkylation sites (tertiary alicyclic amines) is 1. The summed E-state index contributed by atoms with van der Waals surface area (Å²) >= 11 is 1.24. The Hall–Kier alpha value is -3.46. The molecule has 2 fully saturated rings. The van der Waals surface area contributed by atoms with E-state index < -0.39 is 0 Å². The minimum Gasteiger partial charge on any atom is -0.339 e. The third-order valence-corrected chi connectivity index (χ3v) is 7.86.